The highest BCUT2D eigenvalue weighted by molar-refractivity contribution is 5.80. The topological polar surface area (TPSA) is 27.6 Å². The molecule has 0 amide bonds. The number of hydrogen-bond acceptors (Lipinski definition) is 3. The van der Waals surface area contributed by atoms with Gasteiger partial charge in [0.1, 0.15) is 0 Å². The van der Waals surface area contributed by atoms with Crippen molar-refractivity contribution in [1.29, 1.82) is 0 Å². The molecule has 0 aliphatic rings. The first-order chi connectivity index (χ1) is 10.8. The van der Waals surface area contributed by atoms with Gasteiger partial charge in [-0.25, -0.2) is 0 Å². The Kier molecular flexibility index (Phi) is 6.65. The fourth-order valence-electron chi connectivity index (χ4n) is 2.28. The molecule has 22 heavy (non-hydrogen) atoms. The van der Waals surface area contributed by atoms with Gasteiger partial charge in [-0.2, -0.15) is 5.10 Å². The van der Waals surface area contributed by atoms with E-state index in [-0.39, 0.29) is 0 Å². The predicted molar refractivity (Wildman–Crippen MR) is 95.3 cm³/mol. The van der Waals surface area contributed by atoms with Crippen molar-refractivity contribution in [1.82, 2.24) is 4.90 Å². The summed E-state index contributed by atoms with van der Waals surface area (Å²) in [6.45, 7) is 4.35. The standard InChI is InChI=1S/C19H25N3/c1-3-4-13-22(2)16-18-10-8-9-17(14-18)15-20-21-19-11-6-5-7-12-19/h5-12,14-15,21H,3-4,13,16H2,1-2H3. The van der Waals surface area contributed by atoms with Gasteiger partial charge in [-0.1, -0.05) is 49.7 Å². The highest BCUT2D eigenvalue weighted by Gasteiger charge is 2.00. The van der Waals surface area contributed by atoms with E-state index in [1.165, 1.54) is 18.4 Å². The molecule has 2 rings (SSSR count). The monoisotopic (exact) mass is 295 g/mol. The molecule has 0 saturated heterocycles. The summed E-state index contributed by atoms with van der Waals surface area (Å²) in [6.07, 6.45) is 4.35. The van der Waals surface area contributed by atoms with Crippen LogP contribution in [0.5, 0.6) is 0 Å². The van der Waals surface area contributed by atoms with Crippen molar-refractivity contribution in [2.24, 2.45) is 5.10 Å². The molecule has 0 atom stereocenters. The molecule has 0 saturated carbocycles. The van der Waals surface area contributed by atoms with Gasteiger partial charge < -0.3 is 4.90 Å². The van der Waals surface area contributed by atoms with Crippen molar-refractivity contribution in [3.8, 4) is 0 Å². The number of hydrazone groups is 1. The van der Waals surface area contributed by atoms with Crippen LogP contribution >= 0.6 is 0 Å². The van der Waals surface area contributed by atoms with Gasteiger partial charge in [-0.3, -0.25) is 5.43 Å². The first-order valence-corrected chi connectivity index (χ1v) is 7.89. The molecule has 0 bridgehead atoms. The molecule has 0 spiro atoms. The van der Waals surface area contributed by atoms with Crippen LogP contribution in [-0.4, -0.2) is 24.7 Å². The van der Waals surface area contributed by atoms with E-state index < -0.39 is 0 Å². The number of para-hydroxylation sites is 1. The first-order valence-electron chi connectivity index (χ1n) is 7.89. The molecule has 0 unspecified atom stereocenters. The third-order valence-electron chi connectivity index (χ3n) is 3.48. The average Bonchev–Trinajstić information content (AvgIpc) is 2.54. The van der Waals surface area contributed by atoms with Gasteiger partial charge in [0.2, 0.25) is 0 Å². The lowest BCUT2D eigenvalue weighted by molar-refractivity contribution is 0.321. The molecule has 1 N–H and O–H groups in total. The summed E-state index contributed by atoms with van der Waals surface area (Å²) in [5, 5.41) is 4.29. The zero-order chi connectivity index (χ0) is 15.6. The number of unbranched alkanes of at least 4 members (excludes halogenated alkanes) is 1. The molecular formula is C19H25N3. The lowest BCUT2D eigenvalue weighted by Crippen LogP contribution is -2.18. The second-order valence-electron chi connectivity index (χ2n) is 5.57. The first kappa shape index (κ1) is 16.2. The summed E-state index contributed by atoms with van der Waals surface area (Å²) in [5.41, 5.74) is 6.47. The number of anilines is 1. The predicted octanol–water partition coefficient (Wildman–Crippen LogP) is 4.36. The minimum Gasteiger partial charge on any atom is -0.302 e. The number of hydrogen-bond donors (Lipinski definition) is 1. The highest BCUT2D eigenvalue weighted by Crippen LogP contribution is 2.08. The molecule has 2 aromatic rings. The van der Waals surface area contributed by atoms with Crippen LogP contribution in [0.4, 0.5) is 5.69 Å². The largest absolute Gasteiger partial charge is 0.302 e. The second-order valence-corrected chi connectivity index (χ2v) is 5.57. The summed E-state index contributed by atoms with van der Waals surface area (Å²) in [5.74, 6) is 0. The molecule has 3 nitrogen and oxygen atoms in total. The van der Waals surface area contributed by atoms with Crippen LogP contribution in [0.2, 0.25) is 0 Å². The van der Waals surface area contributed by atoms with Gasteiger partial charge in [-0.15, -0.1) is 0 Å². The second kappa shape index (κ2) is 9.00. The van der Waals surface area contributed by atoms with Crippen molar-refractivity contribution < 1.29 is 0 Å². The van der Waals surface area contributed by atoms with Gasteiger partial charge in [-0.05, 0) is 49.3 Å². The summed E-state index contributed by atoms with van der Waals surface area (Å²) in [7, 11) is 2.17. The summed E-state index contributed by atoms with van der Waals surface area (Å²) in [6, 6.07) is 18.5. The zero-order valence-corrected chi connectivity index (χ0v) is 13.5. The highest BCUT2D eigenvalue weighted by atomic mass is 15.3. The van der Waals surface area contributed by atoms with E-state index in [0.717, 1.165) is 24.3 Å². The molecule has 0 aromatic heterocycles. The minimum absolute atomic E-state index is 0.980. The van der Waals surface area contributed by atoms with Gasteiger partial charge in [0.15, 0.2) is 0 Å². The van der Waals surface area contributed by atoms with E-state index in [9.17, 15) is 0 Å². The Balaban J connectivity index is 1.90. The molecule has 2 aromatic carbocycles. The van der Waals surface area contributed by atoms with Crippen LogP contribution in [0.15, 0.2) is 59.7 Å². The van der Waals surface area contributed by atoms with Crippen molar-refractivity contribution in [3.63, 3.8) is 0 Å². The van der Waals surface area contributed by atoms with Crippen molar-refractivity contribution in [2.75, 3.05) is 19.0 Å². The van der Waals surface area contributed by atoms with Crippen LogP contribution in [0.25, 0.3) is 0 Å². The van der Waals surface area contributed by atoms with E-state index in [0.29, 0.717) is 0 Å². The number of benzene rings is 2. The smallest absolute Gasteiger partial charge is 0.0561 e. The molecular weight excluding hydrogens is 270 g/mol. The zero-order valence-electron chi connectivity index (χ0n) is 13.5. The maximum Gasteiger partial charge on any atom is 0.0561 e. The van der Waals surface area contributed by atoms with Crippen LogP contribution in [0, 0.1) is 0 Å². The Labute approximate surface area is 133 Å². The number of nitrogens with zero attached hydrogens (tertiary/aromatic N) is 2. The van der Waals surface area contributed by atoms with E-state index >= 15 is 0 Å². The van der Waals surface area contributed by atoms with Crippen LogP contribution in [-0.2, 0) is 6.54 Å². The average molecular weight is 295 g/mol. The Morgan fingerprint density at radius 3 is 2.68 bits per heavy atom. The summed E-state index contributed by atoms with van der Waals surface area (Å²) >= 11 is 0. The van der Waals surface area contributed by atoms with Gasteiger partial charge in [0.05, 0.1) is 11.9 Å². The maximum atomic E-state index is 4.29. The van der Waals surface area contributed by atoms with Crippen molar-refractivity contribution >= 4 is 11.9 Å². The lowest BCUT2D eigenvalue weighted by Gasteiger charge is -2.16. The Morgan fingerprint density at radius 2 is 1.91 bits per heavy atom. The van der Waals surface area contributed by atoms with Gasteiger partial charge in [0, 0.05) is 6.54 Å². The third kappa shape index (κ3) is 5.70. The molecule has 116 valence electrons. The van der Waals surface area contributed by atoms with E-state index in [2.05, 4.69) is 53.7 Å². The molecule has 3 heteroatoms. The van der Waals surface area contributed by atoms with Gasteiger partial charge >= 0.3 is 0 Å². The molecule has 0 aliphatic heterocycles. The lowest BCUT2D eigenvalue weighted by atomic mass is 10.1. The fraction of sp³-hybridized carbons (Fsp3) is 0.316. The molecule has 0 radical (unpaired) electrons. The Morgan fingerprint density at radius 1 is 1.09 bits per heavy atom. The third-order valence-corrected chi connectivity index (χ3v) is 3.48. The van der Waals surface area contributed by atoms with Crippen LogP contribution in [0.1, 0.15) is 30.9 Å². The fourth-order valence-corrected chi connectivity index (χ4v) is 2.28. The van der Waals surface area contributed by atoms with Crippen molar-refractivity contribution in [3.05, 3.63) is 65.7 Å². The molecule has 0 aliphatic carbocycles. The summed E-state index contributed by atoms with van der Waals surface area (Å²) in [4.78, 5) is 2.36. The van der Waals surface area contributed by atoms with Crippen molar-refractivity contribution in [2.45, 2.75) is 26.3 Å². The van der Waals surface area contributed by atoms with Crippen LogP contribution < -0.4 is 5.43 Å². The van der Waals surface area contributed by atoms with E-state index in [1.54, 1.807) is 0 Å². The van der Waals surface area contributed by atoms with E-state index in [4.69, 9.17) is 0 Å². The quantitative estimate of drug-likeness (QED) is 0.578. The molecule has 0 heterocycles. The Bertz CT molecular complexity index is 578. The normalized spacial score (nSPS) is 11.2. The van der Waals surface area contributed by atoms with Crippen LogP contribution in [0.3, 0.4) is 0 Å². The maximum absolute atomic E-state index is 4.29. The SMILES string of the molecule is CCCCN(C)Cc1cccc(C=NNc2ccccc2)c1. The Hall–Kier alpha value is -2.13. The number of rotatable bonds is 8. The van der Waals surface area contributed by atoms with E-state index in [1.807, 2.05) is 36.5 Å². The minimum atomic E-state index is 0.980. The summed E-state index contributed by atoms with van der Waals surface area (Å²) < 4.78 is 0. The van der Waals surface area contributed by atoms with Gasteiger partial charge in [0.25, 0.3) is 0 Å². The number of nitrogens with one attached hydrogen (secondary N) is 1. The molecule has 0 fully saturated rings.